The molecule has 3 aliphatic rings. The molecule has 1 saturated heterocycles. The van der Waals surface area contributed by atoms with Gasteiger partial charge in [0.2, 0.25) is 11.9 Å². The quantitative estimate of drug-likeness (QED) is 0.361. The second kappa shape index (κ2) is 11.0. The average Bonchev–Trinajstić information content (AvgIpc) is 3.61. The van der Waals surface area contributed by atoms with E-state index < -0.39 is 0 Å². The van der Waals surface area contributed by atoms with Crippen molar-refractivity contribution < 1.29 is 14.3 Å². The fraction of sp³-hybridized carbons (Fsp3) is 0.500. The maximum atomic E-state index is 12.9. The molecule has 11 heteroatoms. The molecule has 6 rings (SSSR count). The molecule has 2 aromatic heterocycles. The molecule has 204 valence electrons. The molecule has 0 radical (unpaired) electrons. The van der Waals surface area contributed by atoms with Crippen molar-refractivity contribution in [2.24, 2.45) is 0 Å². The summed E-state index contributed by atoms with van der Waals surface area (Å²) in [6, 6.07) is 6.52. The lowest BCUT2D eigenvalue weighted by atomic mass is 10.0. The number of carbonyl (C=O) groups is 1. The average molecular weight is 531 g/mol. The molecule has 0 bridgehead atoms. The third-order valence-electron chi connectivity index (χ3n) is 7.80. The van der Waals surface area contributed by atoms with Gasteiger partial charge in [-0.15, -0.1) is 0 Å². The molecule has 0 spiro atoms. The number of likely N-dealkylation sites (tertiary alicyclic amines) is 1. The lowest BCUT2D eigenvalue weighted by molar-refractivity contribution is -0.121. The van der Waals surface area contributed by atoms with Crippen LogP contribution >= 0.6 is 0 Å². The molecule has 1 aliphatic carbocycles. The van der Waals surface area contributed by atoms with E-state index in [1.54, 1.807) is 6.20 Å². The molecular formula is C28H34N8O3. The van der Waals surface area contributed by atoms with Crippen molar-refractivity contribution in [2.45, 2.75) is 57.0 Å². The van der Waals surface area contributed by atoms with Crippen molar-refractivity contribution in [2.75, 3.05) is 44.0 Å². The normalized spacial score (nSPS) is 18.2. The third kappa shape index (κ3) is 5.43. The summed E-state index contributed by atoms with van der Waals surface area (Å²) in [6.07, 6.45) is 8.31. The fourth-order valence-electron chi connectivity index (χ4n) is 5.70. The van der Waals surface area contributed by atoms with Crippen LogP contribution in [0.15, 0.2) is 18.3 Å². The minimum Gasteiger partial charge on any atom is -0.486 e. The van der Waals surface area contributed by atoms with Crippen molar-refractivity contribution in [3.05, 3.63) is 29.5 Å². The molecule has 39 heavy (non-hydrogen) atoms. The van der Waals surface area contributed by atoms with Gasteiger partial charge in [-0.1, -0.05) is 18.9 Å². The SMILES string of the molecule is CN1CCC(NC(=O)Cc2ccc(Nc3nc(NC4CCCC4)c4c(C#N)c[nH]c4n3)c3c2OCCO3)CC1. The number of nitriles is 1. The number of rotatable bonds is 7. The molecule has 4 heterocycles. The maximum Gasteiger partial charge on any atom is 0.231 e. The standard InChI is InChI=1S/C28H34N8O3/c1-36-10-8-20(9-11-36)31-22(37)14-17-6-7-21(25-24(17)38-12-13-39-25)33-28-34-26-23(18(15-29)16-30-26)27(35-28)32-19-4-2-3-5-19/h6-7,16,19-20H,2-5,8-14H2,1H3,(H,31,37)(H3,30,32,33,34,35). The second-order valence-corrected chi connectivity index (χ2v) is 10.6. The minimum atomic E-state index is -0.0157. The van der Waals surface area contributed by atoms with E-state index in [0.29, 0.717) is 64.8 Å². The molecule has 0 unspecified atom stereocenters. The first-order valence-corrected chi connectivity index (χ1v) is 13.8. The molecule has 1 amide bonds. The number of aromatic nitrogens is 3. The lowest BCUT2D eigenvalue weighted by Crippen LogP contribution is -2.43. The Labute approximate surface area is 227 Å². The number of fused-ring (bicyclic) bond motifs is 2. The Kier molecular flexibility index (Phi) is 7.11. The fourth-order valence-corrected chi connectivity index (χ4v) is 5.70. The summed E-state index contributed by atoms with van der Waals surface area (Å²) in [5.74, 6) is 2.11. The first kappa shape index (κ1) is 25.2. The maximum absolute atomic E-state index is 12.9. The van der Waals surface area contributed by atoms with Gasteiger partial charge in [0, 0.05) is 23.8 Å². The Balaban J connectivity index is 1.24. The van der Waals surface area contributed by atoms with Gasteiger partial charge in [0.15, 0.2) is 11.5 Å². The highest BCUT2D eigenvalue weighted by Crippen LogP contribution is 2.42. The smallest absolute Gasteiger partial charge is 0.231 e. The van der Waals surface area contributed by atoms with Crippen LogP contribution in [0.4, 0.5) is 17.5 Å². The van der Waals surface area contributed by atoms with Crippen LogP contribution in [0.3, 0.4) is 0 Å². The Bertz CT molecular complexity index is 1400. The van der Waals surface area contributed by atoms with Gasteiger partial charge in [-0.2, -0.15) is 15.2 Å². The Morgan fingerprint density at radius 2 is 1.87 bits per heavy atom. The van der Waals surface area contributed by atoms with Gasteiger partial charge in [0.1, 0.15) is 30.7 Å². The van der Waals surface area contributed by atoms with Gasteiger partial charge in [0.05, 0.1) is 23.1 Å². The van der Waals surface area contributed by atoms with Crippen LogP contribution in [-0.2, 0) is 11.2 Å². The van der Waals surface area contributed by atoms with Gasteiger partial charge >= 0.3 is 0 Å². The number of anilines is 3. The molecule has 1 saturated carbocycles. The topological polar surface area (TPSA) is 140 Å². The number of benzene rings is 1. The zero-order valence-corrected chi connectivity index (χ0v) is 22.2. The van der Waals surface area contributed by atoms with E-state index in [-0.39, 0.29) is 18.4 Å². The molecule has 2 aliphatic heterocycles. The van der Waals surface area contributed by atoms with Gasteiger partial charge in [-0.05, 0) is 51.9 Å². The molecule has 0 atom stereocenters. The van der Waals surface area contributed by atoms with Crippen LogP contribution in [0, 0.1) is 11.3 Å². The van der Waals surface area contributed by atoms with E-state index in [2.05, 4.69) is 43.9 Å². The summed E-state index contributed by atoms with van der Waals surface area (Å²) >= 11 is 0. The number of carbonyl (C=O) groups excluding carboxylic acids is 1. The van der Waals surface area contributed by atoms with Gasteiger partial charge in [-0.25, -0.2) is 0 Å². The van der Waals surface area contributed by atoms with Crippen molar-refractivity contribution in [1.82, 2.24) is 25.2 Å². The third-order valence-corrected chi connectivity index (χ3v) is 7.80. The summed E-state index contributed by atoms with van der Waals surface area (Å²) in [6.45, 7) is 2.80. The summed E-state index contributed by atoms with van der Waals surface area (Å²) in [7, 11) is 2.11. The first-order valence-electron chi connectivity index (χ1n) is 13.8. The summed E-state index contributed by atoms with van der Waals surface area (Å²) in [5.41, 5.74) is 2.53. The highest BCUT2D eigenvalue weighted by Gasteiger charge is 2.25. The van der Waals surface area contributed by atoms with Crippen molar-refractivity contribution >= 4 is 34.4 Å². The number of amides is 1. The van der Waals surface area contributed by atoms with Crippen molar-refractivity contribution in [3.8, 4) is 17.6 Å². The van der Waals surface area contributed by atoms with Crippen LogP contribution in [0.25, 0.3) is 11.0 Å². The van der Waals surface area contributed by atoms with E-state index in [1.165, 1.54) is 12.8 Å². The Hall–Kier alpha value is -4.04. The van der Waals surface area contributed by atoms with Crippen molar-refractivity contribution in [3.63, 3.8) is 0 Å². The van der Waals surface area contributed by atoms with E-state index in [4.69, 9.17) is 14.5 Å². The Morgan fingerprint density at radius 3 is 2.64 bits per heavy atom. The molecule has 11 nitrogen and oxygen atoms in total. The zero-order chi connectivity index (χ0) is 26.8. The number of nitrogens with zero attached hydrogens (tertiary/aromatic N) is 4. The predicted octanol–water partition coefficient (Wildman–Crippen LogP) is 3.45. The number of ether oxygens (including phenoxy) is 2. The van der Waals surface area contributed by atoms with Crippen molar-refractivity contribution in [1.29, 1.82) is 5.26 Å². The van der Waals surface area contributed by atoms with E-state index in [1.807, 2.05) is 12.1 Å². The number of H-pyrrole nitrogens is 1. The highest BCUT2D eigenvalue weighted by atomic mass is 16.6. The minimum absolute atomic E-state index is 0.0157. The number of piperidine rings is 1. The number of hydrogen-bond acceptors (Lipinski definition) is 9. The summed E-state index contributed by atoms with van der Waals surface area (Å²) in [5, 5.41) is 20.3. The van der Waals surface area contributed by atoms with Crippen LogP contribution in [0.2, 0.25) is 0 Å². The number of hydrogen-bond donors (Lipinski definition) is 4. The van der Waals surface area contributed by atoms with E-state index in [9.17, 15) is 10.1 Å². The lowest BCUT2D eigenvalue weighted by Gasteiger charge is -2.29. The van der Waals surface area contributed by atoms with Crippen LogP contribution < -0.4 is 25.4 Å². The number of nitrogens with one attached hydrogen (secondary N) is 4. The number of aromatic amines is 1. The van der Waals surface area contributed by atoms with Crippen LogP contribution in [0.5, 0.6) is 11.5 Å². The highest BCUT2D eigenvalue weighted by molar-refractivity contribution is 5.94. The van der Waals surface area contributed by atoms with Gasteiger partial charge < -0.3 is 35.3 Å². The van der Waals surface area contributed by atoms with Crippen LogP contribution in [0.1, 0.15) is 49.7 Å². The first-order chi connectivity index (χ1) is 19.1. The molecule has 1 aromatic carbocycles. The monoisotopic (exact) mass is 530 g/mol. The largest absolute Gasteiger partial charge is 0.486 e. The zero-order valence-electron chi connectivity index (χ0n) is 22.2. The van der Waals surface area contributed by atoms with Gasteiger partial charge in [-0.3, -0.25) is 4.79 Å². The van der Waals surface area contributed by atoms with E-state index in [0.717, 1.165) is 44.3 Å². The molecule has 2 fully saturated rings. The summed E-state index contributed by atoms with van der Waals surface area (Å²) < 4.78 is 12.0. The molecular weight excluding hydrogens is 496 g/mol. The van der Waals surface area contributed by atoms with E-state index >= 15 is 0 Å². The van der Waals surface area contributed by atoms with Crippen LogP contribution in [-0.4, -0.2) is 71.2 Å². The summed E-state index contributed by atoms with van der Waals surface area (Å²) in [4.78, 5) is 27.6. The predicted molar refractivity (Wildman–Crippen MR) is 148 cm³/mol. The Morgan fingerprint density at radius 1 is 1.10 bits per heavy atom. The second-order valence-electron chi connectivity index (χ2n) is 10.6. The molecule has 3 aromatic rings. The molecule has 4 N–H and O–H groups in total. The van der Waals surface area contributed by atoms with Gasteiger partial charge in [0.25, 0.3) is 0 Å².